The molecule has 166 valence electrons. The quantitative estimate of drug-likeness (QED) is 0.567. The molecule has 0 bridgehead atoms. The second-order valence-corrected chi connectivity index (χ2v) is 7.75. The van der Waals surface area contributed by atoms with E-state index in [1.807, 2.05) is 18.2 Å². The van der Waals surface area contributed by atoms with E-state index in [1.165, 1.54) is 18.2 Å². The highest BCUT2D eigenvalue weighted by Gasteiger charge is 2.27. The van der Waals surface area contributed by atoms with Crippen LogP contribution >= 0.6 is 11.6 Å². The number of ether oxygens (including phenoxy) is 2. The number of benzene rings is 2. The number of halogens is 2. The normalized spacial score (nSPS) is 14.2. The summed E-state index contributed by atoms with van der Waals surface area (Å²) in [7, 11) is 1.60. The van der Waals surface area contributed by atoms with Gasteiger partial charge in [0.15, 0.2) is 5.82 Å². The highest BCUT2D eigenvalue weighted by molar-refractivity contribution is 6.31. The Morgan fingerprint density at radius 1 is 1.12 bits per heavy atom. The first-order valence-electron chi connectivity index (χ1n) is 10.2. The van der Waals surface area contributed by atoms with Gasteiger partial charge in [-0.05, 0) is 43.2 Å². The van der Waals surface area contributed by atoms with Crippen LogP contribution in [0, 0.1) is 11.7 Å². The molecule has 0 saturated carbocycles. The molecule has 0 aliphatic carbocycles. The summed E-state index contributed by atoms with van der Waals surface area (Å²) < 4.78 is 24.5. The fraction of sp³-hybridized carbons (Fsp3) is 0.261. The number of piperidine rings is 1. The predicted octanol–water partition coefficient (Wildman–Crippen LogP) is 4.93. The average Bonchev–Trinajstić information content (AvgIpc) is 2.82. The van der Waals surface area contributed by atoms with Gasteiger partial charge in [-0.2, -0.15) is 0 Å². The third kappa shape index (κ3) is 5.08. The Morgan fingerprint density at radius 3 is 2.62 bits per heavy atom. The van der Waals surface area contributed by atoms with Gasteiger partial charge in [-0.1, -0.05) is 17.7 Å². The van der Waals surface area contributed by atoms with E-state index in [4.69, 9.17) is 21.1 Å². The van der Waals surface area contributed by atoms with Crippen molar-refractivity contribution in [3.05, 3.63) is 65.7 Å². The van der Waals surface area contributed by atoms with Gasteiger partial charge in [0.25, 0.3) is 5.88 Å². The van der Waals surface area contributed by atoms with E-state index in [2.05, 4.69) is 20.2 Å². The Kier molecular flexibility index (Phi) is 6.70. The second kappa shape index (κ2) is 9.82. The average molecular weight is 457 g/mol. The molecule has 7 nitrogen and oxygen atoms in total. The zero-order chi connectivity index (χ0) is 22.5. The van der Waals surface area contributed by atoms with Gasteiger partial charge in [-0.3, -0.25) is 4.79 Å². The summed E-state index contributed by atoms with van der Waals surface area (Å²) in [6.45, 7) is 1.24. The summed E-state index contributed by atoms with van der Waals surface area (Å²) in [5.74, 6) is 1.49. The number of nitrogens with zero attached hydrogens (tertiary/aromatic N) is 3. The standard InChI is InChI=1S/C23H22ClFN4O3/c1-31-17-3-2-4-18(14-17)32-23-21(26-9-10-27-23)29-11-7-15(8-12-29)22(30)28-16-5-6-20(25)19(24)13-16/h2-6,9-10,13-15H,7-8,11-12H2,1H3,(H,28,30). The molecule has 0 radical (unpaired) electrons. The van der Waals surface area contributed by atoms with Gasteiger partial charge in [0.05, 0.1) is 12.1 Å². The topological polar surface area (TPSA) is 76.6 Å². The van der Waals surface area contributed by atoms with Crippen molar-refractivity contribution in [3.63, 3.8) is 0 Å². The smallest absolute Gasteiger partial charge is 0.263 e. The Hall–Kier alpha value is -3.39. The lowest BCUT2D eigenvalue weighted by molar-refractivity contribution is -0.120. The van der Waals surface area contributed by atoms with Gasteiger partial charge < -0.3 is 19.7 Å². The van der Waals surface area contributed by atoms with Crippen LogP contribution in [-0.2, 0) is 4.79 Å². The van der Waals surface area contributed by atoms with Crippen molar-refractivity contribution in [2.24, 2.45) is 5.92 Å². The molecule has 32 heavy (non-hydrogen) atoms. The maximum atomic E-state index is 13.3. The fourth-order valence-electron chi connectivity index (χ4n) is 3.55. The molecule has 3 aromatic rings. The summed E-state index contributed by atoms with van der Waals surface area (Å²) in [4.78, 5) is 23.5. The molecule has 0 spiro atoms. The first-order valence-corrected chi connectivity index (χ1v) is 10.5. The Labute approximate surface area is 190 Å². The molecule has 1 aliphatic rings. The number of methoxy groups -OCH3 is 1. The first-order chi connectivity index (χ1) is 15.5. The molecule has 4 rings (SSSR count). The zero-order valence-electron chi connectivity index (χ0n) is 17.4. The van der Waals surface area contributed by atoms with E-state index in [0.29, 0.717) is 54.8 Å². The largest absolute Gasteiger partial charge is 0.497 e. The highest BCUT2D eigenvalue weighted by atomic mass is 35.5. The van der Waals surface area contributed by atoms with Crippen molar-refractivity contribution in [1.29, 1.82) is 0 Å². The van der Waals surface area contributed by atoms with E-state index >= 15 is 0 Å². The number of nitrogens with one attached hydrogen (secondary N) is 1. The number of amides is 1. The molecular weight excluding hydrogens is 435 g/mol. The molecule has 0 atom stereocenters. The summed E-state index contributed by atoms with van der Waals surface area (Å²) in [6, 6.07) is 11.4. The minimum Gasteiger partial charge on any atom is -0.497 e. The monoisotopic (exact) mass is 456 g/mol. The van der Waals surface area contributed by atoms with Crippen LogP contribution in [0.2, 0.25) is 5.02 Å². The summed E-state index contributed by atoms with van der Waals surface area (Å²) in [5, 5.41) is 2.79. The molecule has 1 aromatic heterocycles. The number of hydrogen-bond donors (Lipinski definition) is 1. The lowest BCUT2D eigenvalue weighted by Gasteiger charge is -2.32. The van der Waals surface area contributed by atoms with Crippen LogP contribution in [-0.4, -0.2) is 36.1 Å². The number of aromatic nitrogens is 2. The SMILES string of the molecule is COc1cccc(Oc2nccnc2N2CCC(C(=O)Nc3ccc(F)c(Cl)c3)CC2)c1. The van der Waals surface area contributed by atoms with Gasteiger partial charge in [-0.15, -0.1) is 0 Å². The van der Waals surface area contributed by atoms with Crippen LogP contribution in [0.5, 0.6) is 17.4 Å². The third-order valence-electron chi connectivity index (χ3n) is 5.25. The van der Waals surface area contributed by atoms with Gasteiger partial charge in [0.1, 0.15) is 17.3 Å². The number of anilines is 2. The van der Waals surface area contributed by atoms with Crippen LogP contribution in [0.3, 0.4) is 0 Å². The van der Waals surface area contributed by atoms with Gasteiger partial charge in [0, 0.05) is 43.2 Å². The zero-order valence-corrected chi connectivity index (χ0v) is 18.2. The van der Waals surface area contributed by atoms with E-state index < -0.39 is 5.82 Å². The van der Waals surface area contributed by atoms with Gasteiger partial charge in [-0.25, -0.2) is 14.4 Å². The molecule has 1 fully saturated rings. The predicted molar refractivity (Wildman–Crippen MR) is 120 cm³/mol. The summed E-state index contributed by atoms with van der Waals surface area (Å²) >= 11 is 5.80. The molecule has 1 aliphatic heterocycles. The minimum absolute atomic E-state index is 0.0242. The fourth-order valence-corrected chi connectivity index (χ4v) is 3.74. The van der Waals surface area contributed by atoms with Crippen molar-refractivity contribution in [1.82, 2.24) is 9.97 Å². The lowest BCUT2D eigenvalue weighted by atomic mass is 9.96. The third-order valence-corrected chi connectivity index (χ3v) is 5.54. The minimum atomic E-state index is -0.520. The second-order valence-electron chi connectivity index (χ2n) is 7.35. The van der Waals surface area contributed by atoms with E-state index in [9.17, 15) is 9.18 Å². The number of rotatable bonds is 6. The Balaban J connectivity index is 1.40. The lowest BCUT2D eigenvalue weighted by Crippen LogP contribution is -2.38. The van der Waals surface area contributed by atoms with Crippen molar-refractivity contribution < 1.29 is 18.7 Å². The molecule has 1 N–H and O–H groups in total. The molecule has 1 saturated heterocycles. The van der Waals surface area contributed by atoms with E-state index in [-0.39, 0.29) is 16.8 Å². The van der Waals surface area contributed by atoms with E-state index in [1.54, 1.807) is 25.6 Å². The van der Waals surface area contributed by atoms with Crippen molar-refractivity contribution >= 4 is 29.0 Å². The van der Waals surface area contributed by atoms with Crippen molar-refractivity contribution in [3.8, 4) is 17.4 Å². The Morgan fingerprint density at radius 2 is 1.88 bits per heavy atom. The summed E-state index contributed by atoms with van der Waals surface area (Å²) in [6.07, 6.45) is 4.46. The number of carbonyl (C=O) groups is 1. The van der Waals surface area contributed by atoms with Crippen LogP contribution < -0.4 is 19.7 Å². The van der Waals surface area contributed by atoms with Crippen LogP contribution in [0.15, 0.2) is 54.9 Å². The Bertz CT molecular complexity index is 1110. The molecule has 1 amide bonds. The van der Waals surface area contributed by atoms with Gasteiger partial charge in [0.2, 0.25) is 5.91 Å². The summed E-state index contributed by atoms with van der Waals surface area (Å²) in [5.41, 5.74) is 0.478. The van der Waals surface area contributed by atoms with Crippen LogP contribution in [0.1, 0.15) is 12.8 Å². The number of carbonyl (C=O) groups excluding carboxylic acids is 1. The van der Waals surface area contributed by atoms with Crippen molar-refractivity contribution in [2.45, 2.75) is 12.8 Å². The van der Waals surface area contributed by atoms with E-state index in [0.717, 1.165) is 0 Å². The molecule has 2 heterocycles. The van der Waals surface area contributed by atoms with Crippen LogP contribution in [0.25, 0.3) is 0 Å². The van der Waals surface area contributed by atoms with Crippen LogP contribution in [0.4, 0.5) is 15.9 Å². The maximum Gasteiger partial charge on any atom is 0.263 e. The number of hydrogen-bond acceptors (Lipinski definition) is 6. The first kappa shape index (κ1) is 21.8. The molecular formula is C23H22ClFN4O3. The molecule has 9 heteroatoms. The maximum absolute atomic E-state index is 13.3. The highest BCUT2D eigenvalue weighted by Crippen LogP contribution is 2.32. The molecule has 2 aromatic carbocycles. The molecule has 0 unspecified atom stereocenters. The van der Waals surface area contributed by atoms with Gasteiger partial charge >= 0.3 is 0 Å². The van der Waals surface area contributed by atoms with Crippen molar-refractivity contribution in [2.75, 3.05) is 30.4 Å².